The number of rotatable bonds is 4. The van der Waals surface area contributed by atoms with Crippen molar-refractivity contribution in [1.82, 2.24) is 14.5 Å². The lowest BCUT2D eigenvalue weighted by Crippen LogP contribution is -2.33. The van der Waals surface area contributed by atoms with E-state index in [1.807, 2.05) is 30.5 Å². The second-order valence-corrected chi connectivity index (χ2v) is 5.34. The van der Waals surface area contributed by atoms with E-state index in [0.717, 1.165) is 5.52 Å². The second kappa shape index (κ2) is 6.02. The summed E-state index contributed by atoms with van der Waals surface area (Å²) in [7, 11) is 1.78. The number of likely N-dealkylation sites (N-methyl/N-ethyl adjacent to an activating group) is 1. The SMILES string of the molecule is CCN(C)C(=O)C(C)n1c(CCl)nc2c(Cl)cccc21. The Hall–Kier alpha value is -1.26. The normalized spacial score (nSPS) is 12.7. The third kappa shape index (κ3) is 2.50. The van der Waals surface area contributed by atoms with Crippen LogP contribution in [-0.2, 0) is 10.7 Å². The van der Waals surface area contributed by atoms with Crippen LogP contribution in [0.3, 0.4) is 0 Å². The van der Waals surface area contributed by atoms with Gasteiger partial charge in [-0.25, -0.2) is 4.98 Å². The minimum Gasteiger partial charge on any atom is -0.344 e. The van der Waals surface area contributed by atoms with Crippen LogP contribution < -0.4 is 0 Å². The largest absolute Gasteiger partial charge is 0.344 e. The molecule has 0 aliphatic heterocycles. The molecule has 0 radical (unpaired) electrons. The van der Waals surface area contributed by atoms with Gasteiger partial charge in [-0.05, 0) is 26.0 Å². The zero-order chi connectivity index (χ0) is 14.9. The first-order chi connectivity index (χ1) is 9.51. The number of hydrogen-bond acceptors (Lipinski definition) is 2. The van der Waals surface area contributed by atoms with Crippen LogP contribution in [0.15, 0.2) is 18.2 Å². The predicted octanol–water partition coefficient (Wildman–Crippen LogP) is 3.47. The van der Waals surface area contributed by atoms with E-state index in [1.54, 1.807) is 18.0 Å². The molecular formula is C14H17Cl2N3O. The Morgan fingerprint density at radius 1 is 1.50 bits per heavy atom. The highest BCUT2D eigenvalue weighted by Crippen LogP contribution is 2.28. The van der Waals surface area contributed by atoms with Crippen molar-refractivity contribution in [2.45, 2.75) is 25.8 Å². The number of alkyl halides is 1. The highest BCUT2D eigenvalue weighted by atomic mass is 35.5. The van der Waals surface area contributed by atoms with Gasteiger partial charge < -0.3 is 9.47 Å². The standard InChI is InChI=1S/C14H17Cl2N3O/c1-4-18(3)14(20)9(2)19-11-7-5-6-10(16)13(11)17-12(19)8-15/h5-7,9H,4,8H2,1-3H3. The fourth-order valence-corrected chi connectivity index (χ4v) is 2.64. The molecule has 0 aliphatic rings. The number of fused-ring (bicyclic) bond motifs is 1. The van der Waals surface area contributed by atoms with Crippen LogP contribution in [0, 0.1) is 0 Å². The fourth-order valence-electron chi connectivity index (χ4n) is 2.24. The summed E-state index contributed by atoms with van der Waals surface area (Å²) in [5.74, 6) is 0.914. The number of hydrogen-bond donors (Lipinski definition) is 0. The van der Waals surface area contributed by atoms with E-state index >= 15 is 0 Å². The molecule has 4 nitrogen and oxygen atoms in total. The molecule has 0 aliphatic carbocycles. The maximum atomic E-state index is 12.4. The van der Waals surface area contributed by atoms with Crippen LogP contribution in [0.4, 0.5) is 0 Å². The number of aromatic nitrogens is 2. The van der Waals surface area contributed by atoms with Crippen LogP contribution >= 0.6 is 23.2 Å². The van der Waals surface area contributed by atoms with E-state index in [0.29, 0.717) is 22.9 Å². The maximum absolute atomic E-state index is 12.4. The number of imidazole rings is 1. The zero-order valence-corrected chi connectivity index (χ0v) is 13.2. The van der Waals surface area contributed by atoms with Gasteiger partial charge in [0, 0.05) is 13.6 Å². The maximum Gasteiger partial charge on any atom is 0.245 e. The quantitative estimate of drug-likeness (QED) is 0.811. The summed E-state index contributed by atoms with van der Waals surface area (Å²) in [6.45, 7) is 4.45. The molecule has 1 atom stereocenters. The molecule has 0 bridgehead atoms. The molecule has 0 saturated heterocycles. The lowest BCUT2D eigenvalue weighted by Gasteiger charge is -2.22. The molecule has 0 N–H and O–H groups in total. The number of carbonyl (C=O) groups is 1. The van der Waals surface area contributed by atoms with Crippen LogP contribution in [0.5, 0.6) is 0 Å². The highest BCUT2D eigenvalue weighted by molar-refractivity contribution is 6.35. The minimum atomic E-state index is -0.364. The molecule has 2 aromatic rings. The van der Waals surface area contributed by atoms with Gasteiger partial charge in [0.2, 0.25) is 5.91 Å². The van der Waals surface area contributed by atoms with Gasteiger partial charge in [-0.2, -0.15) is 0 Å². The molecule has 0 spiro atoms. The fraction of sp³-hybridized carbons (Fsp3) is 0.429. The molecular weight excluding hydrogens is 297 g/mol. The van der Waals surface area contributed by atoms with Crippen molar-refractivity contribution in [2.24, 2.45) is 0 Å². The highest BCUT2D eigenvalue weighted by Gasteiger charge is 2.23. The van der Waals surface area contributed by atoms with Crippen LogP contribution in [0.2, 0.25) is 5.02 Å². The van der Waals surface area contributed by atoms with E-state index in [1.165, 1.54) is 0 Å². The Bertz CT molecular complexity index is 639. The van der Waals surface area contributed by atoms with Gasteiger partial charge in [-0.3, -0.25) is 4.79 Å². The Kier molecular flexibility index (Phi) is 4.55. The van der Waals surface area contributed by atoms with Crippen molar-refractivity contribution in [2.75, 3.05) is 13.6 Å². The first kappa shape index (κ1) is 15.1. The van der Waals surface area contributed by atoms with Crippen LogP contribution in [0.25, 0.3) is 11.0 Å². The van der Waals surface area contributed by atoms with E-state index in [2.05, 4.69) is 4.98 Å². The molecule has 1 unspecified atom stereocenters. The van der Waals surface area contributed by atoms with Gasteiger partial charge in [0.15, 0.2) is 0 Å². The summed E-state index contributed by atoms with van der Waals surface area (Å²) in [6.07, 6.45) is 0. The van der Waals surface area contributed by atoms with Crippen molar-refractivity contribution in [3.63, 3.8) is 0 Å². The molecule has 1 heterocycles. The van der Waals surface area contributed by atoms with Crippen molar-refractivity contribution in [3.05, 3.63) is 29.0 Å². The van der Waals surface area contributed by atoms with Gasteiger partial charge in [0.1, 0.15) is 17.4 Å². The summed E-state index contributed by atoms with van der Waals surface area (Å²) in [6, 6.07) is 5.17. The molecule has 20 heavy (non-hydrogen) atoms. The second-order valence-electron chi connectivity index (χ2n) is 4.67. The topological polar surface area (TPSA) is 38.1 Å². The first-order valence-electron chi connectivity index (χ1n) is 6.47. The van der Waals surface area contributed by atoms with E-state index < -0.39 is 0 Å². The Morgan fingerprint density at radius 2 is 2.20 bits per heavy atom. The van der Waals surface area contributed by atoms with Gasteiger partial charge in [-0.1, -0.05) is 17.7 Å². The van der Waals surface area contributed by atoms with E-state index in [-0.39, 0.29) is 17.8 Å². The van der Waals surface area contributed by atoms with Crippen LogP contribution in [0.1, 0.15) is 25.7 Å². The summed E-state index contributed by atoms with van der Waals surface area (Å²) in [5.41, 5.74) is 1.52. The number of halogens is 2. The van der Waals surface area contributed by atoms with Gasteiger partial charge in [0.25, 0.3) is 0 Å². The molecule has 1 aromatic carbocycles. The molecule has 1 amide bonds. The summed E-state index contributed by atoms with van der Waals surface area (Å²) in [5, 5.41) is 0.566. The monoisotopic (exact) mass is 313 g/mol. The van der Waals surface area contributed by atoms with E-state index in [4.69, 9.17) is 23.2 Å². The molecule has 6 heteroatoms. The number of carbonyl (C=O) groups excluding carboxylic acids is 1. The third-order valence-corrected chi connectivity index (χ3v) is 4.00. The van der Waals surface area contributed by atoms with Gasteiger partial charge >= 0.3 is 0 Å². The lowest BCUT2D eigenvalue weighted by atomic mass is 10.2. The summed E-state index contributed by atoms with van der Waals surface area (Å²) in [4.78, 5) is 18.5. The smallest absolute Gasteiger partial charge is 0.245 e. The number of benzene rings is 1. The first-order valence-corrected chi connectivity index (χ1v) is 7.38. The summed E-state index contributed by atoms with van der Waals surface area (Å²) >= 11 is 12.1. The zero-order valence-electron chi connectivity index (χ0n) is 11.7. The predicted molar refractivity (Wildman–Crippen MR) is 82.3 cm³/mol. The van der Waals surface area contributed by atoms with Crippen molar-refractivity contribution in [1.29, 1.82) is 0 Å². The van der Waals surface area contributed by atoms with Crippen molar-refractivity contribution < 1.29 is 4.79 Å². The number of para-hydroxylation sites is 1. The average Bonchev–Trinajstić information content (AvgIpc) is 2.84. The Labute approximate surface area is 128 Å². The molecule has 1 aromatic heterocycles. The third-order valence-electron chi connectivity index (χ3n) is 3.46. The Morgan fingerprint density at radius 3 is 2.80 bits per heavy atom. The van der Waals surface area contributed by atoms with Crippen molar-refractivity contribution >= 4 is 40.1 Å². The molecule has 0 saturated carbocycles. The van der Waals surface area contributed by atoms with Gasteiger partial charge in [0.05, 0.1) is 16.4 Å². The lowest BCUT2D eigenvalue weighted by molar-refractivity contribution is -0.132. The molecule has 0 fully saturated rings. The average molecular weight is 314 g/mol. The van der Waals surface area contributed by atoms with Crippen LogP contribution in [-0.4, -0.2) is 34.0 Å². The minimum absolute atomic E-state index is 0.0261. The number of amides is 1. The molecule has 2 rings (SSSR count). The van der Waals surface area contributed by atoms with Crippen molar-refractivity contribution in [3.8, 4) is 0 Å². The van der Waals surface area contributed by atoms with E-state index in [9.17, 15) is 4.79 Å². The summed E-state index contributed by atoms with van der Waals surface area (Å²) < 4.78 is 1.86. The Balaban J connectivity index is 2.58. The molecule has 108 valence electrons. The number of nitrogens with zero attached hydrogens (tertiary/aromatic N) is 3. The van der Waals surface area contributed by atoms with Gasteiger partial charge in [-0.15, -0.1) is 11.6 Å².